The fraction of sp³-hybridized carbons (Fsp3) is 0.143. The molecule has 0 aliphatic heterocycles. The van der Waals surface area contributed by atoms with Gasteiger partial charge in [-0.15, -0.1) is 0 Å². The third-order valence-corrected chi connectivity index (χ3v) is 1.58. The van der Waals surface area contributed by atoms with Crippen LogP contribution in [0.25, 0.3) is 5.65 Å². The molecule has 0 saturated carbocycles. The van der Waals surface area contributed by atoms with Crippen molar-refractivity contribution in [3.8, 4) is 0 Å². The molecule has 0 fully saturated rings. The van der Waals surface area contributed by atoms with Crippen molar-refractivity contribution in [2.45, 2.75) is 6.32 Å². The molecule has 0 aliphatic rings. The molecule has 11 heavy (non-hydrogen) atoms. The van der Waals surface area contributed by atoms with Gasteiger partial charge in [-0.3, -0.25) is 0 Å². The topological polar surface area (TPSA) is 30.2 Å². The maximum absolute atomic E-state index is 5.45. The molecule has 2 aromatic rings. The Labute approximate surface area is 65.5 Å². The predicted octanol–water partition coefficient (Wildman–Crippen LogP) is 0.398. The summed E-state index contributed by atoms with van der Waals surface area (Å²) in [5.74, 6) is 0. The second-order valence-corrected chi connectivity index (χ2v) is 2.30. The molecule has 0 spiro atoms. The van der Waals surface area contributed by atoms with E-state index in [4.69, 9.17) is 7.85 Å². The van der Waals surface area contributed by atoms with E-state index < -0.39 is 0 Å². The van der Waals surface area contributed by atoms with E-state index >= 15 is 0 Å². The maximum atomic E-state index is 5.45. The summed E-state index contributed by atoms with van der Waals surface area (Å²) in [6.45, 7) is 0. The highest BCUT2D eigenvalue weighted by Gasteiger charge is 1.94. The molecule has 0 aliphatic carbocycles. The third-order valence-electron chi connectivity index (χ3n) is 1.58. The summed E-state index contributed by atoms with van der Waals surface area (Å²) in [4.78, 5) is 4.02. The van der Waals surface area contributed by atoms with Gasteiger partial charge in [-0.05, 0) is 12.1 Å². The first kappa shape index (κ1) is 6.40. The van der Waals surface area contributed by atoms with Crippen LogP contribution in [0.2, 0.25) is 0 Å². The van der Waals surface area contributed by atoms with Gasteiger partial charge in [0.05, 0.1) is 7.85 Å². The molecule has 0 amide bonds. The summed E-state index contributed by atoms with van der Waals surface area (Å²) in [7, 11) is 5.45. The molecule has 2 radical (unpaired) electrons. The van der Waals surface area contributed by atoms with Crippen molar-refractivity contribution in [3.05, 3.63) is 30.2 Å². The lowest BCUT2D eigenvalue weighted by Crippen LogP contribution is -1.89. The minimum atomic E-state index is 0.545. The highest BCUT2D eigenvalue weighted by atomic mass is 15.3. The molecule has 2 heterocycles. The van der Waals surface area contributed by atoms with Crippen molar-refractivity contribution in [1.82, 2.24) is 14.6 Å². The lowest BCUT2D eigenvalue weighted by atomic mass is 9.98. The van der Waals surface area contributed by atoms with E-state index in [1.54, 1.807) is 4.52 Å². The monoisotopic (exact) mass is 143 g/mol. The number of pyridine rings is 1. The zero-order valence-electron chi connectivity index (χ0n) is 5.94. The third kappa shape index (κ3) is 1.00. The zero-order valence-corrected chi connectivity index (χ0v) is 5.94. The first-order valence-corrected chi connectivity index (χ1v) is 3.38. The summed E-state index contributed by atoms with van der Waals surface area (Å²) < 4.78 is 1.71. The van der Waals surface area contributed by atoms with Crippen molar-refractivity contribution in [1.29, 1.82) is 0 Å². The molecule has 0 N–H and O–H groups in total. The van der Waals surface area contributed by atoms with Gasteiger partial charge in [0.15, 0.2) is 5.65 Å². The van der Waals surface area contributed by atoms with Crippen LogP contribution in [0.4, 0.5) is 0 Å². The van der Waals surface area contributed by atoms with E-state index in [0.29, 0.717) is 6.32 Å². The Morgan fingerprint density at radius 1 is 1.55 bits per heavy atom. The first-order chi connectivity index (χ1) is 5.40. The molecule has 0 bridgehead atoms. The minimum absolute atomic E-state index is 0.545. The van der Waals surface area contributed by atoms with Crippen LogP contribution >= 0.6 is 0 Å². The fourth-order valence-corrected chi connectivity index (χ4v) is 0.984. The molecule has 2 rings (SSSR count). The lowest BCUT2D eigenvalue weighted by molar-refractivity contribution is 0.957. The van der Waals surface area contributed by atoms with E-state index in [-0.39, 0.29) is 0 Å². The Bertz CT molecular complexity index is 368. The number of rotatable bonds is 1. The lowest BCUT2D eigenvalue weighted by Gasteiger charge is -1.95. The normalized spacial score (nSPS) is 10.5. The van der Waals surface area contributed by atoms with E-state index in [1.165, 1.54) is 6.33 Å². The molecule has 0 aromatic carbocycles. The summed E-state index contributed by atoms with van der Waals surface area (Å²) in [6, 6.07) is 3.86. The molecule has 52 valence electrons. The van der Waals surface area contributed by atoms with E-state index in [9.17, 15) is 0 Å². The maximum Gasteiger partial charge on any atom is 0.155 e. The Kier molecular flexibility index (Phi) is 1.38. The van der Waals surface area contributed by atoms with E-state index in [1.807, 2.05) is 18.3 Å². The van der Waals surface area contributed by atoms with Crippen LogP contribution in [0.3, 0.4) is 0 Å². The van der Waals surface area contributed by atoms with Crippen molar-refractivity contribution in [2.75, 3.05) is 0 Å². The Balaban J connectivity index is 2.67. The average Bonchev–Trinajstić information content (AvgIpc) is 2.50. The van der Waals surface area contributed by atoms with Gasteiger partial charge >= 0.3 is 0 Å². The van der Waals surface area contributed by atoms with Crippen LogP contribution < -0.4 is 0 Å². The van der Waals surface area contributed by atoms with E-state index in [0.717, 1.165) is 11.2 Å². The largest absolute Gasteiger partial charge is 0.221 e. The minimum Gasteiger partial charge on any atom is -0.221 e. The predicted molar refractivity (Wildman–Crippen MR) is 42.4 cm³/mol. The number of hydrogen-bond donors (Lipinski definition) is 0. The highest BCUT2D eigenvalue weighted by molar-refractivity contribution is 6.08. The molecule has 4 heteroatoms. The van der Waals surface area contributed by atoms with Gasteiger partial charge in [0.2, 0.25) is 0 Å². The van der Waals surface area contributed by atoms with Gasteiger partial charge in [-0.1, -0.05) is 11.9 Å². The van der Waals surface area contributed by atoms with Crippen molar-refractivity contribution in [2.24, 2.45) is 0 Å². The summed E-state index contributed by atoms with van der Waals surface area (Å²) in [6.07, 6.45) is 3.92. The fourth-order valence-electron chi connectivity index (χ4n) is 0.984. The van der Waals surface area contributed by atoms with Crippen LogP contribution in [-0.2, 0) is 6.32 Å². The molecule has 0 atom stereocenters. The van der Waals surface area contributed by atoms with Gasteiger partial charge in [0.1, 0.15) is 6.33 Å². The van der Waals surface area contributed by atoms with Gasteiger partial charge in [-0.25, -0.2) is 9.50 Å². The van der Waals surface area contributed by atoms with Crippen LogP contribution in [0.1, 0.15) is 5.56 Å². The second-order valence-electron chi connectivity index (χ2n) is 2.30. The Hall–Kier alpha value is -1.32. The van der Waals surface area contributed by atoms with Crippen molar-refractivity contribution < 1.29 is 0 Å². The second kappa shape index (κ2) is 2.38. The highest BCUT2D eigenvalue weighted by Crippen LogP contribution is 2.02. The number of aromatic nitrogens is 3. The SMILES string of the molecule is [B]Cc1ccn2ncnc2c1. The quantitative estimate of drug-likeness (QED) is 0.540. The smallest absolute Gasteiger partial charge is 0.155 e. The first-order valence-electron chi connectivity index (χ1n) is 3.38. The molecule has 0 saturated heterocycles. The van der Waals surface area contributed by atoms with E-state index in [2.05, 4.69) is 10.1 Å². The number of hydrogen-bond acceptors (Lipinski definition) is 2. The summed E-state index contributed by atoms with van der Waals surface area (Å²) in [5, 5.41) is 3.96. The van der Waals surface area contributed by atoms with Crippen molar-refractivity contribution in [3.63, 3.8) is 0 Å². The Morgan fingerprint density at radius 2 is 2.45 bits per heavy atom. The number of fused-ring (bicyclic) bond motifs is 1. The van der Waals surface area contributed by atoms with Crippen LogP contribution in [0, 0.1) is 0 Å². The molecule has 3 nitrogen and oxygen atoms in total. The summed E-state index contributed by atoms with van der Waals surface area (Å²) >= 11 is 0. The number of nitrogens with zero attached hydrogens (tertiary/aromatic N) is 3. The molecular formula is C7H6BN3. The van der Waals surface area contributed by atoms with Crippen LogP contribution in [0.5, 0.6) is 0 Å². The standard InChI is InChI=1S/C7H6BN3/c8-4-6-1-2-11-7(3-6)9-5-10-11/h1-3,5H,4H2. The van der Waals surface area contributed by atoms with Gasteiger partial charge < -0.3 is 0 Å². The van der Waals surface area contributed by atoms with Gasteiger partial charge in [0.25, 0.3) is 0 Å². The van der Waals surface area contributed by atoms with Crippen LogP contribution in [0.15, 0.2) is 24.7 Å². The summed E-state index contributed by atoms with van der Waals surface area (Å²) in [5.41, 5.74) is 1.92. The van der Waals surface area contributed by atoms with Gasteiger partial charge in [-0.2, -0.15) is 5.10 Å². The van der Waals surface area contributed by atoms with Crippen LogP contribution in [-0.4, -0.2) is 22.4 Å². The van der Waals surface area contributed by atoms with Crippen molar-refractivity contribution >= 4 is 13.5 Å². The molecule has 2 aromatic heterocycles. The van der Waals surface area contributed by atoms with Gasteiger partial charge in [0, 0.05) is 6.20 Å². The average molecular weight is 143 g/mol. The Morgan fingerprint density at radius 3 is 3.27 bits per heavy atom. The zero-order chi connectivity index (χ0) is 7.68. The molecule has 0 unspecified atom stereocenters. The molecular weight excluding hydrogens is 137 g/mol.